The number of halogens is 3. The molecular weight excluding hydrogens is 776 g/mol. The smallest absolute Gasteiger partial charge is 0.419 e. The lowest BCUT2D eigenvalue weighted by Gasteiger charge is -2.37. The normalized spacial score (nSPS) is 20.7. The molecule has 308 valence electrons. The summed E-state index contributed by atoms with van der Waals surface area (Å²) in [5.74, 6) is -0.606. The molecule has 0 radical (unpaired) electrons. The molecule has 3 aliphatic rings. The van der Waals surface area contributed by atoms with Crippen molar-refractivity contribution in [3.05, 3.63) is 71.5 Å². The summed E-state index contributed by atoms with van der Waals surface area (Å²) in [5.41, 5.74) is -1.52. The van der Waals surface area contributed by atoms with Crippen molar-refractivity contribution in [2.45, 2.75) is 76.3 Å². The molecule has 58 heavy (non-hydrogen) atoms. The quantitative estimate of drug-likeness (QED) is 0.149. The van der Waals surface area contributed by atoms with E-state index >= 15 is 0 Å². The number of pyridine rings is 1. The van der Waals surface area contributed by atoms with Gasteiger partial charge in [0.1, 0.15) is 30.0 Å². The van der Waals surface area contributed by atoms with Gasteiger partial charge in [0.15, 0.2) is 11.2 Å². The highest BCUT2D eigenvalue weighted by atomic mass is 32.1. The Bertz CT molecular complexity index is 2100. The number of amides is 4. The second kappa shape index (κ2) is 17.2. The first kappa shape index (κ1) is 42.2. The summed E-state index contributed by atoms with van der Waals surface area (Å²) in [6.07, 6.45) is -2.49. The molecule has 3 atom stereocenters. The number of nitrogens with zero attached hydrogens (tertiary/aromatic N) is 6. The fourth-order valence-electron chi connectivity index (χ4n) is 7.43. The highest BCUT2D eigenvalue weighted by Gasteiger charge is 2.52. The standard InChI is InChI=1S/C40H46F3N9O5S/c1-5-25-19-28(52-38(58)51(37(56)39(52,3)4)29-21-30(40(41,42)43)32(22-44)45-23-29)9-11-33(25)57-18-17-49-13-15-50(16-14-49)24(2)35(54)47-27-8-6-7-26(20-27)46-31-10-12-34(53)48-36(31)55/h6-9,11,19-21,23-24,31,38,46,58H,5,10,12-18H2,1-4H3,(H,47,54)(H,48,53,55)/t24-,31-,38+/m0/s1. The van der Waals surface area contributed by atoms with E-state index in [0.717, 1.165) is 35.8 Å². The van der Waals surface area contributed by atoms with E-state index in [-0.39, 0.29) is 35.9 Å². The Morgan fingerprint density at radius 1 is 1.09 bits per heavy atom. The SMILES string of the molecule is CCc1cc(N2[C@H](S)N(c3cnc(C#N)c(C(F)(F)F)c3)C(=O)C2(C)C)ccc1OCCN1CCN([C@@H](C)C(=O)Nc2cccc(N[C@H]3CCC(=O)NC3=O)c2)CC1. The van der Waals surface area contributed by atoms with Crippen LogP contribution in [0.3, 0.4) is 0 Å². The number of aryl methyl sites for hydroxylation is 1. The van der Waals surface area contributed by atoms with E-state index in [1.54, 1.807) is 49.1 Å². The van der Waals surface area contributed by atoms with Crippen molar-refractivity contribution in [3.8, 4) is 11.8 Å². The van der Waals surface area contributed by atoms with Crippen LogP contribution in [0.25, 0.3) is 0 Å². The molecule has 0 unspecified atom stereocenters. The van der Waals surface area contributed by atoms with Gasteiger partial charge in [0.05, 0.1) is 23.5 Å². The van der Waals surface area contributed by atoms with Gasteiger partial charge in [-0.15, -0.1) is 12.6 Å². The second-order valence-corrected chi connectivity index (χ2v) is 15.4. The molecule has 6 rings (SSSR count). The number of nitriles is 1. The fourth-order valence-corrected chi connectivity index (χ4v) is 8.09. The van der Waals surface area contributed by atoms with Gasteiger partial charge in [0.25, 0.3) is 5.91 Å². The third-order valence-electron chi connectivity index (χ3n) is 10.8. The molecule has 3 fully saturated rings. The molecule has 0 aliphatic carbocycles. The van der Waals surface area contributed by atoms with Gasteiger partial charge in [-0.3, -0.25) is 39.2 Å². The van der Waals surface area contributed by atoms with Crippen molar-refractivity contribution in [1.29, 1.82) is 5.26 Å². The predicted octanol–water partition coefficient (Wildman–Crippen LogP) is 4.62. The van der Waals surface area contributed by atoms with Crippen molar-refractivity contribution in [2.75, 3.05) is 59.8 Å². The molecule has 0 saturated carbocycles. The number of rotatable bonds is 12. The molecule has 0 spiro atoms. The Morgan fingerprint density at radius 2 is 1.81 bits per heavy atom. The number of alkyl halides is 3. The number of carbonyl (C=O) groups excluding carboxylic acids is 4. The molecule has 14 nitrogen and oxygen atoms in total. The van der Waals surface area contributed by atoms with Gasteiger partial charge < -0.3 is 20.3 Å². The number of nitrogens with one attached hydrogen (secondary N) is 3. The summed E-state index contributed by atoms with van der Waals surface area (Å²) in [6, 6.07) is 14.0. The Balaban J connectivity index is 1.01. The van der Waals surface area contributed by atoms with E-state index < -0.39 is 40.4 Å². The average molecular weight is 822 g/mol. The molecule has 3 aromatic rings. The maximum Gasteiger partial charge on any atom is 0.419 e. The van der Waals surface area contributed by atoms with Gasteiger partial charge in [0.2, 0.25) is 17.7 Å². The third kappa shape index (κ3) is 9.01. The summed E-state index contributed by atoms with van der Waals surface area (Å²) >= 11 is 4.69. The van der Waals surface area contributed by atoms with Gasteiger partial charge in [0, 0.05) is 56.2 Å². The van der Waals surface area contributed by atoms with Crippen LogP contribution in [0.1, 0.15) is 57.4 Å². The minimum Gasteiger partial charge on any atom is -0.492 e. The number of ether oxygens (including phenoxy) is 1. The number of benzene rings is 2. The van der Waals surface area contributed by atoms with Crippen LogP contribution in [-0.4, -0.2) is 101 Å². The van der Waals surface area contributed by atoms with Crippen LogP contribution in [0.15, 0.2) is 54.7 Å². The number of piperidine rings is 1. The Morgan fingerprint density at radius 3 is 2.48 bits per heavy atom. The van der Waals surface area contributed by atoms with Crippen LogP contribution in [0.2, 0.25) is 0 Å². The fraction of sp³-hybridized carbons (Fsp3) is 0.450. The van der Waals surface area contributed by atoms with Crippen LogP contribution in [0.5, 0.6) is 5.75 Å². The summed E-state index contributed by atoms with van der Waals surface area (Å²) in [6.45, 7) is 11.1. The van der Waals surface area contributed by atoms with Crippen molar-refractivity contribution < 1.29 is 37.1 Å². The molecule has 2 aromatic carbocycles. The average Bonchev–Trinajstić information content (AvgIpc) is 3.37. The maximum absolute atomic E-state index is 13.7. The van der Waals surface area contributed by atoms with Gasteiger partial charge in [-0.1, -0.05) is 13.0 Å². The van der Waals surface area contributed by atoms with Crippen LogP contribution in [0.4, 0.5) is 35.9 Å². The van der Waals surface area contributed by atoms with Gasteiger partial charge in [-0.25, -0.2) is 4.98 Å². The van der Waals surface area contributed by atoms with Crippen LogP contribution >= 0.6 is 12.6 Å². The number of anilines is 4. The highest BCUT2D eigenvalue weighted by Crippen LogP contribution is 2.43. The van der Waals surface area contributed by atoms with Gasteiger partial charge >= 0.3 is 6.18 Å². The zero-order valence-electron chi connectivity index (χ0n) is 32.6. The molecule has 1 aromatic heterocycles. The van der Waals surface area contributed by atoms with Crippen molar-refractivity contribution >= 4 is 59.0 Å². The zero-order chi connectivity index (χ0) is 41.9. The Hall–Kier alpha value is -5.38. The number of hydrogen-bond donors (Lipinski definition) is 4. The minimum atomic E-state index is -4.84. The summed E-state index contributed by atoms with van der Waals surface area (Å²) < 4.78 is 47.5. The van der Waals surface area contributed by atoms with Crippen LogP contribution in [0, 0.1) is 11.3 Å². The van der Waals surface area contributed by atoms with Crippen LogP contribution < -0.4 is 30.5 Å². The largest absolute Gasteiger partial charge is 0.492 e. The number of piperazine rings is 1. The van der Waals surface area contributed by atoms with E-state index in [1.165, 1.54) is 6.07 Å². The van der Waals surface area contributed by atoms with E-state index in [2.05, 4.69) is 30.7 Å². The van der Waals surface area contributed by atoms with Crippen molar-refractivity contribution in [2.24, 2.45) is 0 Å². The lowest BCUT2D eigenvalue weighted by atomic mass is 10.0. The van der Waals surface area contributed by atoms with Crippen LogP contribution in [-0.2, 0) is 31.8 Å². The summed E-state index contributed by atoms with van der Waals surface area (Å²) in [5, 5.41) is 17.6. The molecule has 0 bridgehead atoms. The first-order valence-corrected chi connectivity index (χ1v) is 19.5. The first-order valence-electron chi connectivity index (χ1n) is 19.0. The lowest BCUT2D eigenvalue weighted by molar-refractivity contribution is -0.138. The van der Waals surface area contributed by atoms with Gasteiger partial charge in [-0.2, -0.15) is 18.4 Å². The molecule has 4 amide bonds. The van der Waals surface area contributed by atoms with Crippen molar-refractivity contribution in [1.82, 2.24) is 20.1 Å². The maximum atomic E-state index is 13.7. The van der Waals surface area contributed by atoms with E-state index in [1.807, 2.05) is 26.0 Å². The molecule has 3 aliphatic heterocycles. The Labute approximate surface area is 340 Å². The van der Waals surface area contributed by atoms with E-state index in [4.69, 9.17) is 17.4 Å². The molecular formula is C40H46F3N9O5S. The minimum absolute atomic E-state index is 0.120. The summed E-state index contributed by atoms with van der Waals surface area (Å²) in [7, 11) is 0. The van der Waals surface area contributed by atoms with E-state index in [9.17, 15) is 37.6 Å². The number of aromatic nitrogens is 1. The number of hydrogen-bond acceptors (Lipinski definition) is 12. The number of carbonyl (C=O) groups is 4. The third-order valence-corrected chi connectivity index (χ3v) is 11.2. The Kier molecular flexibility index (Phi) is 12.5. The monoisotopic (exact) mass is 821 g/mol. The van der Waals surface area contributed by atoms with Crippen molar-refractivity contribution in [3.63, 3.8) is 0 Å². The number of thiol groups is 1. The molecule has 18 heteroatoms. The van der Waals surface area contributed by atoms with E-state index in [0.29, 0.717) is 61.9 Å². The molecule has 3 N–H and O–H groups in total. The topological polar surface area (TPSA) is 163 Å². The second-order valence-electron chi connectivity index (χ2n) is 14.9. The predicted molar refractivity (Wildman–Crippen MR) is 214 cm³/mol. The lowest BCUT2D eigenvalue weighted by Crippen LogP contribution is -2.53. The van der Waals surface area contributed by atoms with Gasteiger partial charge in [-0.05, 0) is 81.6 Å². The molecule has 3 saturated heterocycles. The molecule has 4 heterocycles. The number of imide groups is 1. The summed E-state index contributed by atoms with van der Waals surface area (Å²) in [4.78, 5) is 61.5. The zero-order valence-corrected chi connectivity index (χ0v) is 33.5. The first-order chi connectivity index (χ1) is 27.5. The highest BCUT2D eigenvalue weighted by molar-refractivity contribution is 7.81.